The lowest BCUT2D eigenvalue weighted by Gasteiger charge is -2.33. The second kappa shape index (κ2) is 6.81. The number of hydrogen-bond donors (Lipinski definition) is 2. The Bertz CT molecular complexity index is 638. The normalized spacial score (nSPS) is 22.4. The van der Waals surface area contributed by atoms with Crippen molar-refractivity contribution in [3.8, 4) is 0 Å². The van der Waals surface area contributed by atoms with Gasteiger partial charge in [-0.15, -0.1) is 0 Å². The molecule has 0 bridgehead atoms. The molecule has 2 heterocycles. The summed E-state index contributed by atoms with van der Waals surface area (Å²) >= 11 is 0. The number of piperazine rings is 1. The quantitative estimate of drug-likeness (QED) is 0.888. The molecular formula is C18H26N4O2. The fraction of sp³-hybridized carbons (Fsp3) is 0.556. The Balaban J connectivity index is 1.76. The first-order valence-corrected chi connectivity index (χ1v) is 8.69. The smallest absolute Gasteiger partial charge is 0.254 e. The number of rotatable bonds is 3. The van der Waals surface area contributed by atoms with Gasteiger partial charge in [0.1, 0.15) is 6.04 Å². The van der Waals surface area contributed by atoms with Gasteiger partial charge < -0.3 is 20.4 Å². The second-order valence-electron chi connectivity index (χ2n) is 6.85. The van der Waals surface area contributed by atoms with Crippen molar-refractivity contribution in [1.82, 2.24) is 9.80 Å². The molecule has 6 nitrogen and oxygen atoms in total. The molecule has 0 aromatic heterocycles. The van der Waals surface area contributed by atoms with Crippen molar-refractivity contribution in [2.45, 2.75) is 26.3 Å². The van der Waals surface area contributed by atoms with Crippen LogP contribution in [-0.2, 0) is 4.79 Å². The zero-order chi connectivity index (χ0) is 17.3. The minimum Gasteiger partial charge on any atom is -0.372 e. The summed E-state index contributed by atoms with van der Waals surface area (Å²) in [5.74, 6) is 0.259. The standard InChI is InChI=1S/C18H26N4O2/c1-4-12(2)16-17(23)20-15-11-13(5-6-14(15)19-16)18(24)22-9-7-21(3)8-10-22/h5-6,11-12,16,19H,4,7-10H2,1-3H3,(H,20,23)/t12-,16-/m1/s1. The molecule has 24 heavy (non-hydrogen) atoms. The summed E-state index contributed by atoms with van der Waals surface area (Å²) in [5, 5.41) is 6.26. The number of nitrogens with zero attached hydrogens (tertiary/aromatic N) is 2. The zero-order valence-electron chi connectivity index (χ0n) is 14.6. The molecule has 0 spiro atoms. The number of hydrogen-bond acceptors (Lipinski definition) is 4. The number of carbonyl (C=O) groups excluding carboxylic acids is 2. The lowest BCUT2D eigenvalue weighted by Crippen LogP contribution is -2.47. The second-order valence-corrected chi connectivity index (χ2v) is 6.85. The number of nitrogens with one attached hydrogen (secondary N) is 2. The van der Waals surface area contributed by atoms with E-state index in [1.165, 1.54) is 0 Å². The average molecular weight is 330 g/mol. The molecule has 0 aliphatic carbocycles. The minimum absolute atomic E-state index is 0.0268. The van der Waals surface area contributed by atoms with E-state index >= 15 is 0 Å². The lowest BCUT2D eigenvalue weighted by molar-refractivity contribution is -0.118. The Morgan fingerprint density at radius 1 is 1.25 bits per heavy atom. The molecule has 1 aromatic rings. The molecule has 0 radical (unpaired) electrons. The van der Waals surface area contributed by atoms with E-state index in [1.54, 1.807) is 6.07 Å². The maximum atomic E-state index is 12.7. The van der Waals surface area contributed by atoms with Crippen molar-refractivity contribution in [3.63, 3.8) is 0 Å². The van der Waals surface area contributed by atoms with Crippen LogP contribution in [0.25, 0.3) is 0 Å². The number of amides is 2. The highest BCUT2D eigenvalue weighted by Crippen LogP contribution is 2.30. The largest absolute Gasteiger partial charge is 0.372 e. The van der Waals surface area contributed by atoms with Gasteiger partial charge in [-0.05, 0) is 31.2 Å². The molecule has 2 aliphatic rings. The molecule has 130 valence electrons. The molecule has 0 saturated carbocycles. The van der Waals surface area contributed by atoms with Crippen LogP contribution >= 0.6 is 0 Å². The van der Waals surface area contributed by atoms with Crippen molar-refractivity contribution in [1.29, 1.82) is 0 Å². The molecule has 1 aromatic carbocycles. The third kappa shape index (κ3) is 3.24. The summed E-state index contributed by atoms with van der Waals surface area (Å²) in [6.45, 7) is 7.41. The maximum Gasteiger partial charge on any atom is 0.254 e. The molecule has 2 aliphatic heterocycles. The number of anilines is 2. The molecule has 2 atom stereocenters. The monoisotopic (exact) mass is 330 g/mol. The van der Waals surface area contributed by atoms with Crippen LogP contribution in [0.5, 0.6) is 0 Å². The van der Waals surface area contributed by atoms with E-state index < -0.39 is 0 Å². The van der Waals surface area contributed by atoms with Crippen LogP contribution in [0.4, 0.5) is 11.4 Å². The summed E-state index contributed by atoms with van der Waals surface area (Å²) < 4.78 is 0. The van der Waals surface area contributed by atoms with Crippen molar-refractivity contribution >= 4 is 23.2 Å². The Labute approximate surface area is 143 Å². The molecule has 0 unspecified atom stereocenters. The number of likely N-dealkylation sites (N-methyl/N-ethyl adjacent to an activating group) is 1. The van der Waals surface area contributed by atoms with Gasteiger partial charge in [0, 0.05) is 31.7 Å². The van der Waals surface area contributed by atoms with Gasteiger partial charge in [-0.1, -0.05) is 20.3 Å². The van der Waals surface area contributed by atoms with E-state index in [9.17, 15) is 9.59 Å². The van der Waals surface area contributed by atoms with Gasteiger partial charge in [0.2, 0.25) is 5.91 Å². The van der Waals surface area contributed by atoms with Gasteiger partial charge in [-0.3, -0.25) is 9.59 Å². The van der Waals surface area contributed by atoms with E-state index in [-0.39, 0.29) is 23.8 Å². The predicted molar refractivity (Wildman–Crippen MR) is 95.3 cm³/mol. The first-order chi connectivity index (χ1) is 11.5. The molecule has 2 N–H and O–H groups in total. The van der Waals surface area contributed by atoms with Crippen LogP contribution in [0.2, 0.25) is 0 Å². The van der Waals surface area contributed by atoms with Gasteiger partial charge in [0.05, 0.1) is 11.4 Å². The number of fused-ring (bicyclic) bond motifs is 1. The van der Waals surface area contributed by atoms with Crippen LogP contribution in [-0.4, -0.2) is 60.9 Å². The van der Waals surface area contributed by atoms with Gasteiger partial charge in [0.25, 0.3) is 5.91 Å². The highest BCUT2D eigenvalue weighted by atomic mass is 16.2. The summed E-state index contributed by atoms with van der Waals surface area (Å²) in [5.41, 5.74) is 2.21. The Hall–Kier alpha value is -2.08. The first kappa shape index (κ1) is 16.8. The fourth-order valence-electron chi connectivity index (χ4n) is 3.18. The van der Waals surface area contributed by atoms with Gasteiger partial charge in [0.15, 0.2) is 0 Å². The van der Waals surface area contributed by atoms with E-state index in [4.69, 9.17) is 0 Å². The Kier molecular flexibility index (Phi) is 4.76. The topological polar surface area (TPSA) is 64.7 Å². The van der Waals surface area contributed by atoms with Crippen molar-refractivity contribution in [3.05, 3.63) is 23.8 Å². The Morgan fingerprint density at radius 3 is 2.62 bits per heavy atom. The minimum atomic E-state index is -0.221. The third-order valence-electron chi connectivity index (χ3n) is 5.12. The van der Waals surface area contributed by atoms with Crippen molar-refractivity contribution < 1.29 is 9.59 Å². The van der Waals surface area contributed by atoms with Crippen LogP contribution in [0.1, 0.15) is 30.6 Å². The van der Waals surface area contributed by atoms with Crippen LogP contribution < -0.4 is 10.6 Å². The Morgan fingerprint density at radius 2 is 1.96 bits per heavy atom. The van der Waals surface area contributed by atoms with E-state index in [0.717, 1.165) is 38.3 Å². The molecule has 1 fully saturated rings. The average Bonchev–Trinajstić information content (AvgIpc) is 2.60. The summed E-state index contributed by atoms with van der Waals surface area (Å²) in [6.07, 6.45) is 0.931. The maximum absolute atomic E-state index is 12.7. The first-order valence-electron chi connectivity index (χ1n) is 8.69. The van der Waals surface area contributed by atoms with Gasteiger partial charge in [-0.2, -0.15) is 0 Å². The predicted octanol–water partition coefficient (Wildman–Crippen LogP) is 1.85. The van der Waals surface area contributed by atoms with Gasteiger partial charge in [-0.25, -0.2) is 0 Å². The van der Waals surface area contributed by atoms with Crippen LogP contribution in [0.15, 0.2) is 18.2 Å². The zero-order valence-corrected chi connectivity index (χ0v) is 14.6. The van der Waals surface area contributed by atoms with Crippen LogP contribution in [0.3, 0.4) is 0 Å². The van der Waals surface area contributed by atoms with E-state index in [1.807, 2.05) is 17.0 Å². The van der Waals surface area contributed by atoms with Gasteiger partial charge >= 0.3 is 0 Å². The molecule has 2 amide bonds. The van der Waals surface area contributed by atoms with E-state index in [2.05, 4.69) is 36.4 Å². The van der Waals surface area contributed by atoms with Crippen molar-refractivity contribution in [2.75, 3.05) is 43.9 Å². The SMILES string of the molecule is CC[C@@H](C)[C@H]1Nc2ccc(C(=O)N3CCN(C)CC3)cc2NC1=O. The molecule has 3 rings (SSSR count). The molecule has 6 heteroatoms. The highest BCUT2D eigenvalue weighted by molar-refractivity contribution is 6.05. The number of benzene rings is 1. The highest BCUT2D eigenvalue weighted by Gasteiger charge is 2.30. The summed E-state index contributed by atoms with van der Waals surface area (Å²) in [6, 6.07) is 5.31. The fourth-order valence-corrected chi connectivity index (χ4v) is 3.18. The van der Waals surface area contributed by atoms with Crippen LogP contribution in [0, 0.1) is 5.92 Å². The number of carbonyl (C=O) groups is 2. The summed E-state index contributed by atoms with van der Waals surface area (Å²) in [4.78, 5) is 29.1. The molecule has 1 saturated heterocycles. The van der Waals surface area contributed by atoms with Crippen molar-refractivity contribution in [2.24, 2.45) is 5.92 Å². The third-order valence-corrected chi connectivity index (χ3v) is 5.12. The summed E-state index contributed by atoms with van der Waals surface area (Å²) in [7, 11) is 2.07. The van der Waals surface area contributed by atoms with E-state index in [0.29, 0.717) is 11.3 Å². The molecular weight excluding hydrogens is 304 g/mol. The lowest BCUT2D eigenvalue weighted by atomic mass is 9.95.